The minimum atomic E-state index is -3.40. The Labute approximate surface area is 149 Å². The van der Waals surface area contributed by atoms with Gasteiger partial charge in [-0.3, -0.25) is 0 Å². The summed E-state index contributed by atoms with van der Waals surface area (Å²) in [6.45, 7) is 1.81. The van der Waals surface area contributed by atoms with Gasteiger partial charge >= 0.3 is 6.01 Å². The fraction of sp³-hybridized carbons (Fsp3) is 0.250. The third kappa shape index (κ3) is 3.17. The second-order valence-electron chi connectivity index (χ2n) is 5.58. The van der Waals surface area contributed by atoms with E-state index in [1.165, 1.54) is 15.6 Å². The Morgan fingerprint density at radius 3 is 2.40 bits per heavy atom. The average Bonchev–Trinajstić information content (AvgIpc) is 3.35. The summed E-state index contributed by atoms with van der Waals surface area (Å²) < 4.78 is 32.7. The molecule has 0 unspecified atom stereocenters. The summed E-state index contributed by atoms with van der Waals surface area (Å²) in [5.74, 6) is 0.462. The molecule has 130 valence electrons. The van der Waals surface area contributed by atoms with Crippen LogP contribution in [0.5, 0.6) is 0 Å². The van der Waals surface area contributed by atoms with Gasteiger partial charge in [0.25, 0.3) is 10.0 Å². The SMILES string of the molecule is O=S(=O)(c1cccs1)N1CCN(c2nnc(-c3ccccc3)o2)CC1. The first-order chi connectivity index (χ1) is 12.1. The Hall–Kier alpha value is -2.23. The van der Waals surface area contributed by atoms with Crippen LogP contribution in [-0.4, -0.2) is 49.1 Å². The molecular formula is C16H16N4O3S2. The summed E-state index contributed by atoms with van der Waals surface area (Å²) in [7, 11) is -3.40. The second-order valence-corrected chi connectivity index (χ2v) is 8.69. The molecule has 3 aromatic rings. The van der Waals surface area contributed by atoms with Gasteiger partial charge in [0.2, 0.25) is 5.89 Å². The van der Waals surface area contributed by atoms with E-state index in [9.17, 15) is 8.42 Å². The van der Waals surface area contributed by atoms with Crippen molar-refractivity contribution in [3.8, 4) is 11.5 Å². The van der Waals surface area contributed by atoms with Crippen molar-refractivity contribution >= 4 is 27.4 Å². The average molecular weight is 376 g/mol. The van der Waals surface area contributed by atoms with Gasteiger partial charge in [0.05, 0.1) is 0 Å². The highest BCUT2D eigenvalue weighted by atomic mass is 32.2. The fourth-order valence-electron chi connectivity index (χ4n) is 2.70. The van der Waals surface area contributed by atoms with E-state index < -0.39 is 10.0 Å². The second kappa shape index (κ2) is 6.58. The number of aromatic nitrogens is 2. The highest BCUT2D eigenvalue weighted by Crippen LogP contribution is 2.25. The molecule has 0 amide bonds. The minimum Gasteiger partial charge on any atom is -0.403 e. The van der Waals surface area contributed by atoms with Crippen molar-refractivity contribution in [1.82, 2.24) is 14.5 Å². The zero-order chi connectivity index (χ0) is 17.3. The van der Waals surface area contributed by atoms with Gasteiger partial charge in [0, 0.05) is 31.7 Å². The smallest absolute Gasteiger partial charge is 0.318 e. The Morgan fingerprint density at radius 1 is 0.960 bits per heavy atom. The maximum atomic E-state index is 12.5. The maximum absolute atomic E-state index is 12.5. The third-order valence-corrected chi connectivity index (χ3v) is 7.31. The van der Waals surface area contributed by atoms with Gasteiger partial charge < -0.3 is 9.32 Å². The molecule has 25 heavy (non-hydrogen) atoms. The Morgan fingerprint density at radius 2 is 1.72 bits per heavy atom. The number of hydrogen-bond donors (Lipinski definition) is 0. The summed E-state index contributed by atoms with van der Waals surface area (Å²) in [6.07, 6.45) is 0. The molecule has 3 heterocycles. The van der Waals surface area contributed by atoms with Crippen molar-refractivity contribution < 1.29 is 12.8 Å². The standard InChI is InChI=1S/C16H16N4O3S2/c21-25(22,14-7-4-12-24-14)20-10-8-19(9-11-20)16-18-17-15(23-16)13-5-2-1-3-6-13/h1-7,12H,8-11H2. The molecule has 0 radical (unpaired) electrons. The van der Waals surface area contributed by atoms with E-state index in [0.717, 1.165) is 5.56 Å². The van der Waals surface area contributed by atoms with Gasteiger partial charge in [-0.1, -0.05) is 29.4 Å². The molecule has 9 heteroatoms. The number of hydrogen-bond acceptors (Lipinski definition) is 7. The van der Waals surface area contributed by atoms with Gasteiger partial charge in [-0.15, -0.1) is 16.4 Å². The number of rotatable bonds is 4. The zero-order valence-electron chi connectivity index (χ0n) is 13.3. The van der Waals surface area contributed by atoms with Crippen LogP contribution in [-0.2, 0) is 10.0 Å². The van der Waals surface area contributed by atoms with E-state index >= 15 is 0 Å². The topological polar surface area (TPSA) is 79.5 Å². The number of piperazine rings is 1. The molecule has 0 N–H and O–H groups in total. The van der Waals surface area contributed by atoms with E-state index in [1.807, 2.05) is 35.2 Å². The predicted octanol–water partition coefficient (Wildman–Crippen LogP) is 2.31. The maximum Gasteiger partial charge on any atom is 0.318 e. The number of anilines is 1. The van der Waals surface area contributed by atoms with Gasteiger partial charge in [0.1, 0.15) is 4.21 Å². The van der Waals surface area contributed by atoms with E-state index in [4.69, 9.17) is 4.42 Å². The Bertz CT molecular complexity index is 931. The molecule has 1 aliphatic heterocycles. The predicted molar refractivity (Wildman–Crippen MR) is 95.0 cm³/mol. The molecule has 7 nitrogen and oxygen atoms in total. The van der Waals surface area contributed by atoms with Crippen molar-refractivity contribution in [2.24, 2.45) is 0 Å². The van der Waals surface area contributed by atoms with Crippen molar-refractivity contribution in [2.75, 3.05) is 31.1 Å². The quantitative estimate of drug-likeness (QED) is 0.695. The third-order valence-electron chi connectivity index (χ3n) is 4.03. The monoisotopic (exact) mass is 376 g/mol. The highest BCUT2D eigenvalue weighted by molar-refractivity contribution is 7.91. The minimum absolute atomic E-state index is 0.380. The molecule has 1 aliphatic rings. The molecular weight excluding hydrogens is 360 g/mol. The van der Waals surface area contributed by atoms with E-state index in [2.05, 4.69) is 10.2 Å². The molecule has 1 saturated heterocycles. The van der Waals surface area contributed by atoms with Crippen LogP contribution in [0.2, 0.25) is 0 Å². The van der Waals surface area contributed by atoms with Crippen LogP contribution in [0.3, 0.4) is 0 Å². The number of benzene rings is 1. The van der Waals surface area contributed by atoms with Gasteiger partial charge in [0.15, 0.2) is 0 Å². The molecule has 0 bridgehead atoms. The lowest BCUT2D eigenvalue weighted by Gasteiger charge is -2.32. The zero-order valence-corrected chi connectivity index (χ0v) is 14.9. The normalized spacial score (nSPS) is 16.2. The molecule has 0 atom stereocenters. The lowest BCUT2D eigenvalue weighted by molar-refractivity contribution is 0.373. The number of sulfonamides is 1. The van der Waals surface area contributed by atoms with E-state index in [-0.39, 0.29) is 0 Å². The molecule has 0 saturated carbocycles. The Kier molecular flexibility index (Phi) is 4.28. The lowest BCUT2D eigenvalue weighted by Crippen LogP contribution is -2.48. The van der Waals surface area contributed by atoms with Gasteiger partial charge in [-0.25, -0.2) is 8.42 Å². The first-order valence-corrected chi connectivity index (χ1v) is 10.1. The fourth-order valence-corrected chi connectivity index (χ4v) is 5.26. The highest BCUT2D eigenvalue weighted by Gasteiger charge is 2.30. The van der Waals surface area contributed by atoms with Crippen molar-refractivity contribution in [3.05, 3.63) is 47.8 Å². The lowest BCUT2D eigenvalue weighted by atomic mass is 10.2. The number of thiophene rings is 1. The van der Waals surface area contributed by atoms with E-state index in [0.29, 0.717) is 42.3 Å². The molecule has 0 aliphatic carbocycles. The molecule has 1 aromatic carbocycles. The number of nitrogens with zero attached hydrogens (tertiary/aromatic N) is 4. The summed E-state index contributed by atoms with van der Waals surface area (Å²) >= 11 is 1.24. The molecule has 4 rings (SSSR count). The van der Waals surface area contributed by atoms with Crippen LogP contribution in [0, 0.1) is 0 Å². The van der Waals surface area contributed by atoms with Crippen LogP contribution in [0.15, 0.2) is 56.5 Å². The van der Waals surface area contributed by atoms with Crippen LogP contribution < -0.4 is 4.90 Å². The Balaban J connectivity index is 1.45. The van der Waals surface area contributed by atoms with Crippen LogP contribution in [0.4, 0.5) is 6.01 Å². The van der Waals surface area contributed by atoms with Gasteiger partial charge in [-0.2, -0.15) is 4.31 Å². The van der Waals surface area contributed by atoms with Crippen LogP contribution in [0.25, 0.3) is 11.5 Å². The summed E-state index contributed by atoms with van der Waals surface area (Å²) in [5, 5.41) is 9.95. The largest absolute Gasteiger partial charge is 0.403 e. The van der Waals surface area contributed by atoms with Crippen molar-refractivity contribution in [1.29, 1.82) is 0 Å². The molecule has 0 spiro atoms. The van der Waals surface area contributed by atoms with Crippen molar-refractivity contribution in [3.63, 3.8) is 0 Å². The van der Waals surface area contributed by atoms with Crippen LogP contribution in [0.1, 0.15) is 0 Å². The molecule has 2 aromatic heterocycles. The summed E-state index contributed by atoms with van der Waals surface area (Å²) in [4.78, 5) is 1.92. The molecule has 1 fully saturated rings. The van der Waals surface area contributed by atoms with Gasteiger partial charge in [-0.05, 0) is 23.6 Å². The van der Waals surface area contributed by atoms with Crippen molar-refractivity contribution in [2.45, 2.75) is 4.21 Å². The first kappa shape index (κ1) is 16.2. The van der Waals surface area contributed by atoms with Crippen LogP contribution >= 0.6 is 11.3 Å². The summed E-state index contributed by atoms with van der Waals surface area (Å²) in [6, 6.07) is 13.4. The first-order valence-electron chi connectivity index (χ1n) is 7.82. The van der Waals surface area contributed by atoms with E-state index in [1.54, 1.807) is 17.5 Å². The summed E-state index contributed by atoms with van der Waals surface area (Å²) in [5.41, 5.74) is 0.861.